The lowest BCUT2D eigenvalue weighted by Crippen LogP contribution is -2.15. The third-order valence-corrected chi connectivity index (χ3v) is 6.43. The molecule has 0 fully saturated rings. The van der Waals surface area contributed by atoms with Crippen molar-refractivity contribution < 1.29 is 13.2 Å². The number of carbonyl (C=O) groups excluding carboxylic acids is 1. The number of nitrogens with two attached hydrogens (primary N) is 1. The highest BCUT2D eigenvalue weighted by Crippen LogP contribution is 2.31. The van der Waals surface area contributed by atoms with Gasteiger partial charge in [-0.25, -0.2) is 13.6 Å². The number of benzene rings is 3. The molecule has 0 unspecified atom stereocenters. The van der Waals surface area contributed by atoms with Gasteiger partial charge in [-0.2, -0.15) is 0 Å². The number of carbonyl (C=O) groups is 1. The summed E-state index contributed by atoms with van der Waals surface area (Å²) in [6.45, 7) is 4.17. The molecule has 7 heteroatoms. The molecular weight excluding hydrogens is 404 g/mol. The molecule has 0 aromatic heterocycles. The molecule has 0 aliphatic carbocycles. The van der Waals surface area contributed by atoms with Crippen LogP contribution in [-0.2, 0) is 21.2 Å². The Morgan fingerprint density at radius 2 is 1.62 bits per heavy atom. The average molecular weight is 427 g/mol. The fourth-order valence-electron chi connectivity index (χ4n) is 2.83. The van der Waals surface area contributed by atoms with E-state index in [4.69, 9.17) is 5.14 Å². The Bertz CT molecular complexity index is 1120. The molecule has 0 aliphatic heterocycles. The quantitative estimate of drug-likeness (QED) is 0.616. The van der Waals surface area contributed by atoms with E-state index >= 15 is 0 Å². The molecule has 0 atom stereocenters. The van der Waals surface area contributed by atoms with Crippen LogP contribution in [0, 0.1) is 13.8 Å². The van der Waals surface area contributed by atoms with Crippen LogP contribution in [0.3, 0.4) is 0 Å². The van der Waals surface area contributed by atoms with Crippen LogP contribution in [0.15, 0.2) is 81.4 Å². The zero-order chi connectivity index (χ0) is 21.0. The van der Waals surface area contributed by atoms with Gasteiger partial charge in [-0.15, -0.1) is 0 Å². The summed E-state index contributed by atoms with van der Waals surface area (Å²) >= 11 is 1.68. The first-order chi connectivity index (χ1) is 13.7. The smallest absolute Gasteiger partial charge is 0.238 e. The second-order valence-corrected chi connectivity index (χ2v) is 9.49. The Hall–Kier alpha value is -2.61. The van der Waals surface area contributed by atoms with Crippen molar-refractivity contribution >= 4 is 33.4 Å². The van der Waals surface area contributed by atoms with E-state index in [1.807, 2.05) is 24.3 Å². The number of aryl methyl sites for hydroxylation is 2. The number of sulfonamides is 1. The zero-order valence-corrected chi connectivity index (χ0v) is 17.8. The Kier molecular flexibility index (Phi) is 6.42. The minimum absolute atomic E-state index is 0.0264. The van der Waals surface area contributed by atoms with Crippen LogP contribution in [0.4, 0.5) is 5.69 Å². The minimum atomic E-state index is -3.73. The largest absolute Gasteiger partial charge is 0.326 e. The van der Waals surface area contributed by atoms with Crippen LogP contribution in [0.2, 0.25) is 0 Å². The maximum atomic E-state index is 12.3. The predicted molar refractivity (Wildman–Crippen MR) is 117 cm³/mol. The summed E-state index contributed by atoms with van der Waals surface area (Å²) in [4.78, 5) is 14.6. The van der Waals surface area contributed by atoms with Crippen molar-refractivity contribution in [2.45, 2.75) is 35.0 Å². The Morgan fingerprint density at radius 1 is 0.966 bits per heavy atom. The van der Waals surface area contributed by atoms with Gasteiger partial charge in [0.1, 0.15) is 0 Å². The molecule has 150 valence electrons. The van der Waals surface area contributed by atoms with Gasteiger partial charge in [-0.3, -0.25) is 4.79 Å². The maximum Gasteiger partial charge on any atom is 0.238 e. The van der Waals surface area contributed by atoms with Crippen LogP contribution in [0.1, 0.15) is 16.7 Å². The first kappa shape index (κ1) is 21.1. The lowest BCUT2D eigenvalue weighted by molar-refractivity contribution is -0.115. The molecule has 3 aromatic rings. The molecule has 5 nitrogen and oxygen atoms in total. The number of nitrogens with one attached hydrogen (secondary N) is 1. The van der Waals surface area contributed by atoms with Crippen LogP contribution in [-0.4, -0.2) is 14.3 Å². The molecule has 3 N–H and O–H groups in total. The number of primary sulfonamides is 1. The summed E-state index contributed by atoms with van der Waals surface area (Å²) < 4.78 is 22.6. The van der Waals surface area contributed by atoms with E-state index in [1.54, 1.807) is 23.9 Å². The lowest BCUT2D eigenvalue weighted by Gasteiger charge is -2.09. The van der Waals surface area contributed by atoms with E-state index < -0.39 is 10.0 Å². The van der Waals surface area contributed by atoms with Crippen molar-refractivity contribution in [3.05, 3.63) is 83.4 Å². The van der Waals surface area contributed by atoms with Crippen molar-refractivity contribution in [3.8, 4) is 0 Å². The van der Waals surface area contributed by atoms with Crippen molar-refractivity contribution in [2.24, 2.45) is 5.14 Å². The highest BCUT2D eigenvalue weighted by molar-refractivity contribution is 7.99. The van der Waals surface area contributed by atoms with Gasteiger partial charge < -0.3 is 5.32 Å². The summed E-state index contributed by atoms with van der Waals surface area (Å²) in [5, 5.41) is 7.93. The van der Waals surface area contributed by atoms with Gasteiger partial charge in [-0.1, -0.05) is 41.6 Å². The fraction of sp³-hybridized carbons (Fsp3) is 0.136. The normalized spacial score (nSPS) is 11.3. The van der Waals surface area contributed by atoms with Crippen LogP contribution in [0.25, 0.3) is 0 Å². The van der Waals surface area contributed by atoms with E-state index in [9.17, 15) is 13.2 Å². The molecule has 0 bridgehead atoms. The summed E-state index contributed by atoms with van der Waals surface area (Å²) in [6, 6.07) is 20.0. The zero-order valence-electron chi connectivity index (χ0n) is 16.2. The number of hydrogen-bond donors (Lipinski definition) is 2. The summed E-state index contributed by atoms with van der Waals surface area (Å²) in [7, 11) is -3.73. The van der Waals surface area contributed by atoms with E-state index in [1.165, 1.54) is 28.2 Å². The topological polar surface area (TPSA) is 89.3 Å². The fourth-order valence-corrected chi connectivity index (χ4v) is 4.23. The van der Waals surface area contributed by atoms with E-state index in [0.717, 1.165) is 4.90 Å². The van der Waals surface area contributed by atoms with Gasteiger partial charge in [-0.05, 0) is 67.4 Å². The molecular formula is C22H22N2O3S2. The van der Waals surface area contributed by atoms with Crippen molar-refractivity contribution in [2.75, 3.05) is 5.32 Å². The van der Waals surface area contributed by atoms with Gasteiger partial charge in [0, 0.05) is 15.5 Å². The molecule has 1 amide bonds. The van der Waals surface area contributed by atoms with Gasteiger partial charge in [0.25, 0.3) is 0 Å². The third kappa shape index (κ3) is 5.93. The monoisotopic (exact) mass is 426 g/mol. The van der Waals surface area contributed by atoms with Gasteiger partial charge in [0.2, 0.25) is 15.9 Å². The van der Waals surface area contributed by atoms with E-state index in [2.05, 4.69) is 37.4 Å². The maximum absolute atomic E-state index is 12.3. The molecule has 0 spiro atoms. The SMILES string of the molecule is Cc1ccc(Sc2ccc(NC(=O)Cc3ccc(S(N)(=O)=O)cc3)cc2)c(C)c1. The number of amides is 1. The molecule has 0 saturated carbocycles. The Balaban J connectivity index is 1.59. The van der Waals surface area contributed by atoms with Crippen molar-refractivity contribution in [3.63, 3.8) is 0 Å². The Labute approximate surface area is 175 Å². The summed E-state index contributed by atoms with van der Waals surface area (Å²) in [5.41, 5.74) is 3.89. The number of anilines is 1. The number of hydrogen-bond acceptors (Lipinski definition) is 4. The van der Waals surface area contributed by atoms with Crippen molar-refractivity contribution in [1.29, 1.82) is 0 Å². The molecule has 0 heterocycles. The molecule has 3 rings (SSSR count). The van der Waals surface area contributed by atoms with Crippen molar-refractivity contribution in [1.82, 2.24) is 0 Å². The second-order valence-electron chi connectivity index (χ2n) is 6.81. The van der Waals surface area contributed by atoms with Crippen LogP contribution in [0.5, 0.6) is 0 Å². The minimum Gasteiger partial charge on any atom is -0.326 e. The Morgan fingerprint density at radius 3 is 2.21 bits per heavy atom. The summed E-state index contributed by atoms with van der Waals surface area (Å²) in [6.07, 6.45) is 0.143. The van der Waals surface area contributed by atoms with Crippen LogP contribution >= 0.6 is 11.8 Å². The first-order valence-corrected chi connectivity index (χ1v) is 11.3. The third-order valence-electron chi connectivity index (χ3n) is 4.31. The molecule has 0 radical (unpaired) electrons. The van der Waals surface area contributed by atoms with Gasteiger partial charge >= 0.3 is 0 Å². The molecule has 3 aromatic carbocycles. The first-order valence-electron chi connectivity index (χ1n) is 8.97. The molecule has 29 heavy (non-hydrogen) atoms. The van der Waals surface area contributed by atoms with Gasteiger partial charge in [0.05, 0.1) is 11.3 Å². The van der Waals surface area contributed by atoms with Gasteiger partial charge in [0.15, 0.2) is 0 Å². The highest BCUT2D eigenvalue weighted by Gasteiger charge is 2.09. The predicted octanol–water partition coefficient (Wildman–Crippen LogP) is 4.28. The molecule has 0 aliphatic rings. The lowest BCUT2D eigenvalue weighted by atomic mass is 10.1. The van der Waals surface area contributed by atoms with E-state index in [-0.39, 0.29) is 17.2 Å². The summed E-state index contributed by atoms with van der Waals surface area (Å²) in [5.74, 6) is -0.178. The second kappa shape index (κ2) is 8.82. The average Bonchev–Trinajstić information content (AvgIpc) is 2.65. The molecule has 0 saturated heterocycles. The van der Waals surface area contributed by atoms with E-state index in [0.29, 0.717) is 11.3 Å². The van der Waals surface area contributed by atoms with Crippen LogP contribution < -0.4 is 10.5 Å². The highest BCUT2D eigenvalue weighted by atomic mass is 32.2. The standard InChI is InChI=1S/C22H22N2O3S2/c1-15-3-12-21(16(2)13-15)28-19-8-6-18(7-9-19)24-22(25)14-17-4-10-20(11-5-17)29(23,26)27/h3-13H,14H2,1-2H3,(H,24,25)(H2,23,26,27). The number of rotatable bonds is 6.